The Kier molecular flexibility index (Phi) is 3.56. The van der Waals surface area contributed by atoms with Crippen molar-refractivity contribution < 1.29 is 4.79 Å². The van der Waals surface area contributed by atoms with Crippen LogP contribution in [0.5, 0.6) is 0 Å². The minimum atomic E-state index is 0.330. The maximum absolute atomic E-state index is 12.2. The van der Waals surface area contributed by atoms with Gasteiger partial charge in [-0.2, -0.15) is 0 Å². The number of nitrogens with one attached hydrogen (secondary N) is 1. The molecule has 2 aliphatic heterocycles. The number of hydrogen-bond donors (Lipinski definition) is 1. The molecule has 0 saturated carbocycles. The third kappa shape index (κ3) is 2.81. The Morgan fingerprint density at radius 2 is 2.05 bits per heavy atom. The molecule has 0 unspecified atom stereocenters. The zero-order chi connectivity index (χ0) is 13.2. The molecule has 2 saturated heterocycles. The highest BCUT2D eigenvalue weighted by Gasteiger charge is 2.37. The van der Waals surface area contributed by atoms with Crippen LogP contribution in [0, 0.1) is 18.8 Å². The first-order valence-corrected chi connectivity index (χ1v) is 7.26. The monoisotopic (exact) mass is 258 g/mol. The largest absolute Gasteiger partial charge is 0.342 e. The van der Waals surface area contributed by atoms with Gasteiger partial charge in [0.25, 0.3) is 0 Å². The number of fused-ring (bicyclic) bond motifs is 1. The fourth-order valence-corrected chi connectivity index (χ4v) is 3.34. The number of rotatable bonds is 3. The molecule has 2 heterocycles. The average molecular weight is 258 g/mol. The van der Waals surface area contributed by atoms with Crippen LogP contribution in [0.4, 0.5) is 0 Å². The Labute approximate surface area is 115 Å². The summed E-state index contributed by atoms with van der Waals surface area (Å²) < 4.78 is 0. The lowest BCUT2D eigenvalue weighted by atomic mass is 10.0. The Balaban J connectivity index is 1.52. The fourth-order valence-electron chi connectivity index (χ4n) is 3.34. The Bertz CT molecular complexity index is 460. The average Bonchev–Trinajstić information content (AvgIpc) is 2.96. The smallest absolute Gasteiger partial charge is 0.222 e. The van der Waals surface area contributed by atoms with E-state index in [1.807, 2.05) is 0 Å². The van der Waals surface area contributed by atoms with Crippen molar-refractivity contribution in [2.24, 2.45) is 11.8 Å². The number of hydrogen-bond acceptors (Lipinski definition) is 2. The van der Waals surface area contributed by atoms with Crippen LogP contribution in [-0.2, 0) is 11.2 Å². The van der Waals surface area contributed by atoms with Crippen molar-refractivity contribution >= 4 is 5.91 Å². The molecule has 0 aromatic heterocycles. The molecule has 1 N–H and O–H groups in total. The number of aryl methyl sites for hydroxylation is 2. The summed E-state index contributed by atoms with van der Waals surface area (Å²) in [4.78, 5) is 14.3. The van der Waals surface area contributed by atoms with E-state index in [9.17, 15) is 4.79 Å². The first kappa shape index (κ1) is 12.7. The van der Waals surface area contributed by atoms with Gasteiger partial charge in [0.05, 0.1) is 0 Å². The molecule has 3 nitrogen and oxygen atoms in total. The van der Waals surface area contributed by atoms with Crippen LogP contribution in [0.25, 0.3) is 0 Å². The molecule has 1 amide bonds. The molecule has 2 atom stereocenters. The Hall–Kier alpha value is -1.35. The van der Waals surface area contributed by atoms with Crippen molar-refractivity contribution in [2.45, 2.75) is 19.8 Å². The van der Waals surface area contributed by atoms with Gasteiger partial charge in [-0.15, -0.1) is 0 Å². The SMILES string of the molecule is Cc1cccc(CCC(=O)N2C[C@H]3CNC[C@H]3C2)c1. The zero-order valence-corrected chi connectivity index (χ0v) is 11.6. The van der Waals surface area contributed by atoms with Crippen molar-refractivity contribution in [1.82, 2.24) is 10.2 Å². The van der Waals surface area contributed by atoms with Crippen LogP contribution < -0.4 is 5.32 Å². The van der Waals surface area contributed by atoms with Gasteiger partial charge in [0.1, 0.15) is 0 Å². The molecule has 19 heavy (non-hydrogen) atoms. The van der Waals surface area contributed by atoms with E-state index in [-0.39, 0.29) is 0 Å². The quantitative estimate of drug-likeness (QED) is 0.893. The van der Waals surface area contributed by atoms with Crippen LogP contribution in [-0.4, -0.2) is 37.0 Å². The number of carbonyl (C=O) groups excluding carboxylic acids is 1. The van der Waals surface area contributed by atoms with Crippen molar-refractivity contribution in [2.75, 3.05) is 26.2 Å². The third-order valence-corrected chi connectivity index (χ3v) is 4.45. The van der Waals surface area contributed by atoms with Crippen molar-refractivity contribution in [3.05, 3.63) is 35.4 Å². The van der Waals surface area contributed by atoms with Crippen LogP contribution in [0.2, 0.25) is 0 Å². The lowest BCUT2D eigenvalue weighted by Gasteiger charge is -2.17. The molecule has 3 heteroatoms. The highest BCUT2D eigenvalue weighted by Crippen LogP contribution is 2.26. The summed E-state index contributed by atoms with van der Waals surface area (Å²) in [5.41, 5.74) is 2.54. The van der Waals surface area contributed by atoms with Gasteiger partial charge in [-0.1, -0.05) is 29.8 Å². The van der Waals surface area contributed by atoms with Crippen LogP contribution in [0.15, 0.2) is 24.3 Å². The maximum atomic E-state index is 12.2. The van der Waals surface area contributed by atoms with Crippen LogP contribution in [0.3, 0.4) is 0 Å². The van der Waals surface area contributed by atoms with E-state index in [1.165, 1.54) is 11.1 Å². The summed E-state index contributed by atoms with van der Waals surface area (Å²) in [6, 6.07) is 8.46. The lowest BCUT2D eigenvalue weighted by molar-refractivity contribution is -0.130. The highest BCUT2D eigenvalue weighted by atomic mass is 16.2. The van der Waals surface area contributed by atoms with Gasteiger partial charge < -0.3 is 10.2 Å². The number of carbonyl (C=O) groups is 1. The van der Waals surface area contributed by atoms with E-state index in [4.69, 9.17) is 0 Å². The van der Waals surface area contributed by atoms with Gasteiger partial charge in [0, 0.05) is 32.6 Å². The molecule has 0 radical (unpaired) electrons. The standard InChI is InChI=1S/C16H22N2O/c1-12-3-2-4-13(7-12)5-6-16(19)18-10-14-8-17-9-15(14)11-18/h2-4,7,14-15,17H,5-6,8-11H2,1H3/t14-,15+. The van der Waals surface area contributed by atoms with Crippen molar-refractivity contribution in [3.63, 3.8) is 0 Å². The third-order valence-electron chi connectivity index (χ3n) is 4.45. The fraction of sp³-hybridized carbons (Fsp3) is 0.562. The number of benzene rings is 1. The Morgan fingerprint density at radius 3 is 2.74 bits per heavy atom. The van der Waals surface area contributed by atoms with E-state index in [0.29, 0.717) is 24.2 Å². The molecule has 102 valence electrons. The normalized spacial score (nSPS) is 25.6. The first-order chi connectivity index (χ1) is 9.22. The van der Waals surface area contributed by atoms with Gasteiger partial charge in [0.15, 0.2) is 0 Å². The predicted octanol–water partition coefficient (Wildman–Crippen LogP) is 1.61. The first-order valence-electron chi connectivity index (χ1n) is 7.26. The van der Waals surface area contributed by atoms with E-state index in [2.05, 4.69) is 41.4 Å². The topological polar surface area (TPSA) is 32.3 Å². The summed E-state index contributed by atoms with van der Waals surface area (Å²) >= 11 is 0. The minimum Gasteiger partial charge on any atom is -0.342 e. The molecule has 0 spiro atoms. The van der Waals surface area contributed by atoms with E-state index < -0.39 is 0 Å². The summed E-state index contributed by atoms with van der Waals surface area (Å²) in [5, 5.41) is 3.41. The molecule has 2 aliphatic rings. The van der Waals surface area contributed by atoms with Crippen molar-refractivity contribution in [3.8, 4) is 0 Å². The molecule has 0 bridgehead atoms. The van der Waals surface area contributed by atoms with Crippen LogP contribution in [0.1, 0.15) is 17.5 Å². The van der Waals surface area contributed by atoms with Gasteiger partial charge in [-0.25, -0.2) is 0 Å². The zero-order valence-electron chi connectivity index (χ0n) is 11.6. The van der Waals surface area contributed by atoms with Crippen LogP contribution >= 0.6 is 0 Å². The van der Waals surface area contributed by atoms with Gasteiger partial charge in [0.2, 0.25) is 5.91 Å². The van der Waals surface area contributed by atoms with E-state index >= 15 is 0 Å². The van der Waals surface area contributed by atoms with Gasteiger partial charge in [-0.3, -0.25) is 4.79 Å². The molecule has 2 fully saturated rings. The summed E-state index contributed by atoms with van der Waals surface area (Å²) in [6.07, 6.45) is 1.51. The van der Waals surface area contributed by atoms with Gasteiger partial charge >= 0.3 is 0 Å². The number of amides is 1. The minimum absolute atomic E-state index is 0.330. The predicted molar refractivity (Wildman–Crippen MR) is 75.9 cm³/mol. The van der Waals surface area contributed by atoms with E-state index in [0.717, 1.165) is 32.6 Å². The molecule has 0 aliphatic carbocycles. The number of likely N-dealkylation sites (tertiary alicyclic amines) is 1. The summed E-state index contributed by atoms with van der Waals surface area (Å²) in [5.74, 6) is 1.72. The Morgan fingerprint density at radius 1 is 1.32 bits per heavy atom. The second kappa shape index (κ2) is 5.33. The summed E-state index contributed by atoms with van der Waals surface area (Å²) in [7, 11) is 0. The second-order valence-electron chi connectivity index (χ2n) is 5.97. The lowest BCUT2D eigenvalue weighted by Crippen LogP contribution is -2.31. The van der Waals surface area contributed by atoms with Gasteiger partial charge in [-0.05, 0) is 30.7 Å². The second-order valence-corrected chi connectivity index (χ2v) is 5.97. The van der Waals surface area contributed by atoms with Crippen molar-refractivity contribution in [1.29, 1.82) is 0 Å². The molecular weight excluding hydrogens is 236 g/mol. The molecule has 1 aromatic rings. The molecular formula is C16H22N2O. The summed E-state index contributed by atoms with van der Waals surface area (Å²) in [6.45, 7) is 6.20. The molecule has 3 rings (SSSR count). The maximum Gasteiger partial charge on any atom is 0.222 e. The highest BCUT2D eigenvalue weighted by molar-refractivity contribution is 5.76. The number of nitrogens with zero attached hydrogens (tertiary/aromatic N) is 1. The van der Waals surface area contributed by atoms with E-state index in [1.54, 1.807) is 0 Å². The molecule has 1 aromatic carbocycles.